The third kappa shape index (κ3) is 6.37. The second kappa shape index (κ2) is 11.7. The van der Waals surface area contributed by atoms with E-state index < -0.39 is 18.1 Å². The van der Waals surface area contributed by atoms with Gasteiger partial charge in [-0.25, -0.2) is 4.79 Å². The van der Waals surface area contributed by atoms with Gasteiger partial charge in [-0.05, 0) is 40.5 Å². The molecule has 0 aromatic heterocycles. The fraction of sp³-hybridized carbons (Fsp3) is 0.444. The van der Waals surface area contributed by atoms with Crippen LogP contribution in [0.15, 0.2) is 48.5 Å². The van der Waals surface area contributed by atoms with Crippen LogP contribution in [0.3, 0.4) is 0 Å². The Morgan fingerprint density at radius 1 is 0.971 bits per heavy atom. The van der Waals surface area contributed by atoms with Gasteiger partial charge in [-0.15, -0.1) is 0 Å². The Balaban J connectivity index is 1.52. The molecular weight excluding hydrogens is 432 g/mol. The van der Waals surface area contributed by atoms with Crippen molar-refractivity contribution in [2.75, 3.05) is 13.2 Å². The van der Waals surface area contributed by atoms with Gasteiger partial charge in [-0.1, -0.05) is 69.3 Å². The van der Waals surface area contributed by atoms with Gasteiger partial charge in [0.1, 0.15) is 6.61 Å². The first-order valence-electron chi connectivity index (χ1n) is 11.9. The summed E-state index contributed by atoms with van der Waals surface area (Å²) in [7, 11) is 0. The zero-order chi connectivity index (χ0) is 24.7. The molecule has 7 heteroatoms. The molecular formula is C27H34N2O5. The number of hydrogen-bond donors (Lipinski definition) is 3. The number of rotatable bonds is 11. The minimum absolute atomic E-state index is 0.00923. The first-order chi connectivity index (χ1) is 16.3. The number of fused-ring (bicyclic) bond motifs is 3. The van der Waals surface area contributed by atoms with Crippen molar-refractivity contribution in [2.24, 2.45) is 11.8 Å². The standard InChI is InChI=1S/C27H34N2O5/c1-4-19(14-26(31)32)29-25(30)13-18(17(2)3)15-28-27(33)34-16-24-22-11-7-5-9-20(22)21-10-6-8-12-23(21)24/h5-12,17-19,24H,4,13-16H2,1-3H3,(H,28,33)(H,29,30)(H,31,32)/t18?,19-/m1/s1. The number of carboxylic acids is 1. The number of alkyl carbamates (subject to hydrolysis) is 1. The van der Waals surface area contributed by atoms with E-state index in [2.05, 4.69) is 34.9 Å². The van der Waals surface area contributed by atoms with Gasteiger partial charge in [0.2, 0.25) is 5.91 Å². The average molecular weight is 467 g/mol. The van der Waals surface area contributed by atoms with Crippen molar-refractivity contribution in [3.8, 4) is 11.1 Å². The summed E-state index contributed by atoms with van der Waals surface area (Å²) in [5, 5.41) is 14.6. The third-order valence-corrected chi connectivity index (χ3v) is 6.52. The number of nitrogens with one attached hydrogen (secondary N) is 2. The molecule has 0 heterocycles. The largest absolute Gasteiger partial charge is 0.481 e. The molecule has 3 N–H and O–H groups in total. The quantitative estimate of drug-likeness (QED) is 0.450. The van der Waals surface area contributed by atoms with Crippen LogP contribution in [0.1, 0.15) is 57.1 Å². The Kier molecular flexibility index (Phi) is 8.68. The summed E-state index contributed by atoms with van der Waals surface area (Å²) >= 11 is 0. The minimum atomic E-state index is -0.940. The summed E-state index contributed by atoms with van der Waals surface area (Å²) in [5.41, 5.74) is 4.65. The van der Waals surface area contributed by atoms with Crippen LogP contribution in [0.25, 0.3) is 11.1 Å². The van der Waals surface area contributed by atoms with Crippen LogP contribution in [0.5, 0.6) is 0 Å². The van der Waals surface area contributed by atoms with E-state index in [-0.39, 0.29) is 43.1 Å². The Labute approximate surface area is 200 Å². The smallest absolute Gasteiger partial charge is 0.407 e. The zero-order valence-electron chi connectivity index (χ0n) is 20.0. The summed E-state index contributed by atoms with van der Waals surface area (Å²) in [6, 6.07) is 15.9. The van der Waals surface area contributed by atoms with Crippen molar-refractivity contribution >= 4 is 18.0 Å². The molecule has 2 amide bonds. The molecule has 0 radical (unpaired) electrons. The lowest BCUT2D eigenvalue weighted by molar-refractivity contribution is -0.137. The lowest BCUT2D eigenvalue weighted by Crippen LogP contribution is -2.39. The van der Waals surface area contributed by atoms with Gasteiger partial charge in [0.25, 0.3) is 0 Å². The number of amides is 2. The van der Waals surface area contributed by atoms with Gasteiger partial charge in [0, 0.05) is 24.9 Å². The Bertz CT molecular complexity index is 974. The highest BCUT2D eigenvalue weighted by Gasteiger charge is 2.29. The molecule has 0 saturated carbocycles. The summed E-state index contributed by atoms with van der Waals surface area (Å²) in [6.07, 6.45) is 0.136. The van der Waals surface area contributed by atoms with E-state index in [9.17, 15) is 14.4 Å². The number of aliphatic carboxylic acids is 1. The summed E-state index contributed by atoms with van der Waals surface area (Å²) in [6.45, 7) is 6.36. The SMILES string of the molecule is CC[C@H](CC(=O)O)NC(=O)CC(CNC(=O)OCC1c2ccccc2-c2ccccc21)C(C)C. The second-order valence-electron chi connectivity index (χ2n) is 9.19. The van der Waals surface area contributed by atoms with Crippen LogP contribution in [0, 0.1) is 11.8 Å². The predicted octanol–water partition coefficient (Wildman–Crippen LogP) is 4.56. The molecule has 2 atom stereocenters. The topological polar surface area (TPSA) is 105 Å². The van der Waals surface area contributed by atoms with Crippen LogP contribution >= 0.6 is 0 Å². The van der Waals surface area contributed by atoms with Crippen molar-refractivity contribution in [1.82, 2.24) is 10.6 Å². The van der Waals surface area contributed by atoms with E-state index in [0.717, 1.165) is 11.1 Å². The maximum Gasteiger partial charge on any atom is 0.407 e. The van der Waals surface area contributed by atoms with Crippen LogP contribution in [-0.2, 0) is 14.3 Å². The van der Waals surface area contributed by atoms with E-state index in [0.29, 0.717) is 13.0 Å². The summed E-state index contributed by atoms with van der Waals surface area (Å²) in [4.78, 5) is 35.9. The molecule has 2 aromatic carbocycles. The van der Waals surface area contributed by atoms with Gasteiger partial charge in [-0.3, -0.25) is 9.59 Å². The zero-order valence-corrected chi connectivity index (χ0v) is 20.0. The van der Waals surface area contributed by atoms with E-state index in [1.165, 1.54) is 11.1 Å². The normalized spacial score (nSPS) is 14.1. The molecule has 3 rings (SSSR count). The second-order valence-corrected chi connectivity index (χ2v) is 9.19. The molecule has 0 fully saturated rings. The molecule has 0 aliphatic heterocycles. The molecule has 0 spiro atoms. The van der Waals surface area contributed by atoms with Gasteiger partial charge in [-0.2, -0.15) is 0 Å². The number of carboxylic acid groups (broad SMARTS) is 1. The number of hydrogen-bond acceptors (Lipinski definition) is 4. The highest BCUT2D eigenvalue weighted by atomic mass is 16.5. The summed E-state index contributed by atoms with van der Waals surface area (Å²) in [5.74, 6) is -1.10. The van der Waals surface area contributed by atoms with Crippen LogP contribution in [0.4, 0.5) is 4.79 Å². The van der Waals surface area contributed by atoms with Gasteiger partial charge >= 0.3 is 12.1 Å². The first kappa shape index (κ1) is 25.3. The van der Waals surface area contributed by atoms with E-state index in [1.54, 1.807) is 0 Å². The highest BCUT2D eigenvalue weighted by molar-refractivity contribution is 5.79. The minimum Gasteiger partial charge on any atom is -0.481 e. The molecule has 182 valence electrons. The van der Waals surface area contributed by atoms with Crippen molar-refractivity contribution in [3.05, 3.63) is 59.7 Å². The maximum atomic E-state index is 12.5. The van der Waals surface area contributed by atoms with Gasteiger partial charge in [0.15, 0.2) is 0 Å². The van der Waals surface area contributed by atoms with E-state index in [1.807, 2.05) is 45.0 Å². The number of ether oxygens (including phenoxy) is 1. The highest BCUT2D eigenvalue weighted by Crippen LogP contribution is 2.44. The molecule has 2 aromatic rings. The Morgan fingerprint density at radius 3 is 2.09 bits per heavy atom. The Hall–Kier alpha value is -3.35. The summed E-state index contributed by atoms with van der Waals surface area (Å²) < 4.78 is 5.58. The molecule has 1 aliphatic rings. The third-order valence-electron chi connectivity index (χ3n) is 6.52. The van der Waals surface area contributed by atoms with E-state index in [4.69, 9.17) is 9.84 Å². The monoisotopic (exact) mass is 466 g/mol. The van der Waals surface area contributed by atoms with E-state index >= 15 is 0 Å². The fourth-order valence-electron chi connectivity index (χ4n) is 4.44. The number of benzene rings is 2. The van der Waals surface area contributed by atoms with Crippen LogP contribution in [0.2, 0.25) is 0 Å². The lowest BCUT2D eigenvalue weighted by atomic mass is 9.92. The van der Waals surface area contributed by atoms with Crippen molar-refractivity contribution < 1.29 is 24.2 Å². The van der Waals surface area contributed by atoms with Crippen molar-refractivity contribution in [3.63, 3.8) is 0 Å². The predicted molar refractivity (Wildman–Crippen MR) is 130 cm³/mol. The lowest BCUT2D eigenvalue weighted by Gasteiger charge is -2.23. The molecule has 0 saturated heterocycles. The molecule has 0 bridgehead atoms. The average Bonchev–Trinajstić information content (AvgIpc) is 3.13. The Morgan fingerprint density at radius 2 is 1.56 bits per heavy atom. The van der Waals surface area contributed by atoms with Gasteiger partial charge < -0.3 is 20.5 Å². The fourth-order valence-corrected chi connectivity index (χ4v) is 4.44. The molecule has 34 heavy (non-hydrogen) atoms. The molecule has 7 nitrogen and oxygen atoms in total. The van der Waals surface area contributed by atoms with Crippen LogP contribution in [-0.4, -0.2) is 42.3 Å². The molecule has 1 unspecified atom stereocenters. The maximum absolute atomic E-state index is 12.5. The molecule has 1 aliphatic carbocycles. The van der Waals surface area contributed by atoms with Crippen LogP contribution < -0.4 is 10.6 Å². The van der Waals surface area contributed by atoms with Crippen molar-refractivity contribution in [1.29, 1.82) is 0 Å². The van der Waals surface area contributed by atoms with Crippen molar-refractivity contribution in [2.45, 2.75) is 52.0 Å². The number of carbonyl (C=O) groups excluding carboxylic acids is 2. The number of carbonyl (C=O) groups is 3. The van der Waals surface area contributed by atoms with Gasteiger partial charge in [0.05, 0.1) is 6.42 Å². The first-order valence-corrected chi connectivity index (χ1v) is 11.9.